The SMILES string of the molecule is O=C(Cc1noc2ccccc12)N(CCCl)C1CCCC1. The second-order valence-electron chi connectivity index (χ2n) is 5.52. The maximum Gasteiger partial charge on any atom is 0.229 e. The molecule has 1 amide bonds. The van der Waals surface area contributed by atoms with E-state index in [1.165, 1.54) is 12.8 Å². The van der Waals surface area contributed by atoms with Gasteiger partial charge in [0.05, 0.1) is 6.42 Å². The van der Waals surface area contributed by atoms with E-state index in [4.69, 9.17) is 16.1 Å². The summed E-state index contributed by atoms with van der Waals surface area (Å²) in [6, 6.07) is 7.98. The second kappa shape index (κ2) is 6.48. The van der Waals surface area contributed by atoms with E-state index in [-0.39, 0.29) is 12.3 Å². The number of hydrogen-bond acceptors (Lipinski definition) is 3. The van der Waals surface area contributed by atoms with Crippen molar-refractivity contribution in [1.82, 2.24) is 10.1 Å². The van der Waals surface area contributed by atoms with Crippen LogP contribution >= 0.6 is 11.6 Å². The number of amides is 1. The summed E-state index contributed by atoms with van der Waals surface area (Å²) in [6.45, 7) is 0.612. The summed E-state index contributed by atoms with van der Waals surface area (Å²) < 4.78 is 5.27. The van der Waals surface area contributed by atoms with Crippen molar-refractivity contribution in [1.29, 1.82) is 0 Å². The maximum absolute atomic E-state index is 12.6. The smallest absolute Gasteiger partial charge is 0.229 e. The Hall–Kier alpha value is -1.55. The van der Waals surface area contributed by atoms with Gasteiger partial charge in [-0.1, -0.05) is 30.1 Å². The summed E-state index contributed by atoms with van der Waals surface area (Å²) in [7, 11) is 0. The zero-order valence-electron chi connectivity index (χ0n) is 11.9. The highest BCUT2D eigenvalue weighted by molar-refractivity contribution is 6.18. The largest absolute Gasteiger partial charge is 0.356 e. The van der Waals surface area contributed by atoms with E-state index in [1.54, 1.807) is 0 Å². The molecule has 0 radical (unpaired) electrons. The van der Waals surface area contributed by atoms with E-state index >= 15 is 0 Å². The van der Waals surface area contributed by atoms with Gasteiger partial charge in [0.25, 0.3) is 0 Å². The van der Waals surface area contributed by atoms with E-state index < -0.39 is 0 Å². The van der Waals surface area contributed by atoms with Crippen LogP contribution in [0.15, 0.2) is 28.8 Å². The van der Waals surface area contributed by atoms with E-state index in [2.05, 4.69) is 5.16 Å². The Kier molecular flexibility index (Phi) is 4.44. The number of fused-ring (bicyclic) bond motifs is 1. The van der Waals surface area contributed by atoms with Gasteiger partial charge in [0, 0.05) is 23.9 Å². The quantitative estimate of drug-likeness (QED) is 0.796. The number of carbonyl (C=O) groups excluding carboxylic acids is 1. The highest BCUT2D eigenvalue weighted by Crippen LogP contribution is 2.25. The van der Waals surface area contributed by atoms with Crippen LogP contribution in [-0.4, -0.2) is 34.4 Å². The molecule has 0 atom stereocenters. The number of aromatic nitrogens is 1. The Balaban J connectivity index is 1.77. The molecule has 0 aliphatic heterocycles. The van der Waals surface area contributed by atoms with Gasteiger partial charge >= 0.3 is 0 Å². The molecular formula is C16H19ClN2O2. The number of benzene rings is 1. The van der Waals surface area contributed by atoms with E-state index in [1.807, 2.05) is 29.2 Å². The first kappa shape index (κ1) is 14.4. The third kappa shape index (κ3) is 3.05. The van der Waals surface area contributed by atoms with Crippen molar-refractivity contribution in [2.75, 3.05) is 12.4 Å². The molecule has 1 aliphatic rings. The predicted molar refractivity (Wildman–Crippen MR) is 82.4 cm³/mol. The molecular weight excluding hydrogens is 288 g/mol. The monoisotopic (exact) mass is 306 g/mol. The minimum absolute atomic E-state index is 0.0987. The normalized spacial score (nSPS) is 15.7. The topological polar surface area (TPSA) is 46.3 Å². The number of alkyl halides is 1. The average molecular weight is 307 g/mol. The van der Waals surface area contributed by atoms with Crippen molar-refractivity contribution in [3.63, 3.8) is 0 Å². The molecule has 1 aromatic carbocycles. The van der Waals surface area contributed by atoms with Crippen LogP contribution in [0.4, 0.5) is 0 Å². The van der Waals surface area contributed by atoms with Crippen LogP contribution in [-0.2, 0) is 11.2 Å². The maximum atomic E-state index is 12.6. The summed E-state index contributed by atoms with van der Waals surface area (Å²) in [5.74, 6) is 0.573. The van der Waals surface area contributed by atoms with Crippen molar-refractivity contribution in [2.24, 2.45) is 0 Å². The first-order valence-corrected chi connectivity index (χ1v) is 8.02. The molecule has 1 fully saturated rings. The van der Waals surface area contributed by atoms with Gasteiger partial charge in [0.1, 0.15) is 5.69 Å². The van der Waals surface area contributed by atoms with Gasteiger partial charge in [0.2, 0.25) is 5.91 Å². The van der Waals surface area contributed by atoms with Crippen LogP contribution in [0.2, 0.25) is 0 Å². The molecule has 1 aliphatic carbocycles. The molecule has 112 valence electrons. The van der Waals surface area contributed by atoms with E-state index in [9.17, 15) is 4.79 Å². The Morgan fingerprint density at radius 2 is 2.10 bits per heavy atom. The van der Waals surface area contributed by atoms with Crippen molar-refractivity contribution < 1.29 is 9.32 Å². The minimum atomic E-state index is 0.0987. The Labute approximate surface area is 129 Å². The molecule has 1 heterocycles. The predicted octanol–water partition coefficient (Wildman–Crippen LogP) is 3.38. The molecule has 21 heavy (non-hydrogen) atoms. The fourth-order valence-corrected chi connectivity index (χ4v) is 3.31. The van der Waals surface area contributed by atoms with Crippen LogP contribution in [0, 0.1) is 0 Å². The van der Waals surface area contributed by atoms with E-state index in [0.717, 1.165) is 23.8 Å². The molecule has 3 rings (SSSR count). The lowest BCUT2D eigenvalue weighted by Crippen LogP contribution is -2.41. The standard InChI is InChI=1S/C16H19ClN2O2/c17-9-10-19(12-5-1-2-6-12)16(20)11-14-13-7-3-4-8-15(13)21-18-14/h3-4,7-8,12H,1-2,5-6,9-11H2. The first-order valence-electron chi connectivity index (χ1n) is 7.48. The molecule has 1 aromatic heterocycles. The Morgan fingerprint density at radius 3 is 2.86 bits per heavy atom. The molecule has 0 spiro atoms. The third-order valence-electron chi connectivity index (χ3n) is 4.18. The lowest BCUT2D eigenvalue weighted by atomic mass is 10.1. The fourth-order valence-electron chi connectivity index (χ4n) is 3.13. The van der Waals surface area contributed by atoms with Gasteiger partial charge in [-0.2, -0.15) is 0 Å². The molecule has 5 heteroatoms. The van der Waals surface area contributed by atoms with Crippen LogP contribution in [0.1, 0.15) is 31.4 Å². The fraction of sp³-hybridized carbons (Fsp3) is 0.500. The Bertz CT molecular complexity index is 620. The van der Waals surface area contributed by atoms with Crippen molar-refractivity contribution in [3.8, 4) is 0 Å². The molecule has 0 N–H and O–H groups in total. The van der Waals surface area contributed by atoms with Crippen molar-refractivity contribution >= 4 is 28.5 Å². The van der Waals surface area contributed by atoms with Crippen LogP contribution in [0.25, 0.3) is 11.0 Å². The second-order valence-corrected chi connectivity index (χ2v) is 5.89. The lowest BCUT2D eigenvalue weighted by molar-refractivity contribution is -0.132. The number of halogens is 1. The van der Waals surface area contributed by atoms with Crippen molar-refractivity contribution in [3.05, 3.63) is 30.0 Å². The summed E-state index contributed by atoms with van der Waals surface area (Å²) >= 11 is 5.87. The van der Waals surface area contributed by atoms with Gasteiger partial charge in [-0.05, 0) is 25.0 Å². The molecule has 0 unspecified atom stereocenters. The van der Waals surface area contributed by atoms with Gasteiger partial charge in [-0.3, -0.25) is 4.79 Å². The molecule has 0 saturated heterocycles. The lowest BCUT2D eigenvalue weighted by Gasteiger charge is -2.28. The van der Waals surface area contributed by atoms with Crippen LogP contribution in [0.5, 0.6) is 0 Å². The summed E-state index contributed by atoms with van der Waals surface area (Å²) in [4.78, 5) is 14.6. The number of para-hydroxylation sites is 1. The minimum Gasteiger partial charge on any atom is -0.356 e. The molecule has 0 bridgehead atoms. The average Bonchev–Trinajstić information content (AvgIpc) is 3.15. The van der Waals surface area contributed by atoms with Gasteiger partial charge in [-0.25, -0.2) is 0 Å². The summed E-state index contributed by atoms with van der Waals surface area (Å²) in [6.07, 6.45) is 4.85. The van der Waals surface area contributed by atoms with Crippen molar-refractivity contribution in [2.45, 2.75) is 38.1 Å². The summed E-state index contributed by atoms with van der Waals surface area (Å²) in [5, 5.41) is 4.97. The van der Waals surface area contributed by atoms with Crippen LogP contribution < -0.4 is 0 Å². The summed E-state index contributed by atoms with van der Waals surface area (Å²) in [5.41, 5.74) is 1.44. The van der Waals surface area contributed by atoms with Gasteiger partial charge in [-0.15, -0.1) is 11.6 Å². The number of rotatable bonds is 5. The highest BCUT2D eigenvalue weighted by atomic mass is 35.5. The number of carbonyl (C=O) groups is 1. The van der Waals surface area contributed by atoms with Crippen LogP contribution in [0.3, 0.4) is 0 Å². The first-order chi connectivity index (χ1) is 10.3. The number of hydrogen-bond donors (Lipinski definition) is 0. The highest BCUT2D eigenvalue weighted by Gasteiger charge is 2.27. The molecule has 4 nitrogen and oxygen atoms in total. The van der Waals surface area contributed by atoms with E-state index in [0.29, 0.717) is 24.2 Å². The molecule has 2 aromatic rings. The van der Waals surface area contributed by atoms with Gasteiger partial charge < -0.3 is 9.42 Å². The van der Waals surface area contributed by atoms with Gasteiger partial charge in [0.15, 0.2) is 5.58 Å². The number of nitrogens with zero attached hydrogens (tertiary/aromatic N) is 2. The Morgan fingerprint density at radius 1 is 1.33 bits per heavy atom. The third-order valence-corrected chi connectivity index (χ3v) is 4.35. The zero-order valence-corrected chi connectivity index (χ0v) is 12.7. The zero-order chi connectivity index (χ0) is 14.7. The molecule has 1 saturated carbocycles.